The highest BCUT2D eigenvalue weighted by Gasteiger charge is 2.20. The molecule has 0 fully saturated rings. The van der Waals surface area contributed by atoms with Crippen LogP contribution in [0.15, 0.2) is 24.3 Å². The van der Waals surface area contributed by atoms with Crippen LogP contribution in [-0.4, -0.2) is 21.3 Å². The summed E-state index contributed by atoms with van der Waals surface area (Å²) in [6, 6.07) is 7.59. The summed E-state index contributed by atoms with van der Waals surface area (Å²) in [5, 5.41) is 0. The number of rotatable bonds is 5. The Labute approximate surface area is 135 Å². The van der Waals surface area contributed by atoms with Crippen LogP contribution in [0.5, 0.6) is 17.2 Å². The lowest BCUT2D eigenvalue weighted by atomic mass is 10.1. The molecule has 0 aliphatic rings. The third kappa shape index (κ3) is 3.05. The van der Waals surface area contributed by atoms with Crippen molar-refractivity contribution in [1.29, 1.82) is 0 Å². The standard InChI is InChI=1S/C14H14BrClO3S/c1-17-9-7-11(19-3)10(18-2)6-8(9)14(15)12-4-5-13(16)20-12/h4-7,14H,1-3H3. The smallest absolute Gasteiger partial charge is 0.164 e. The van der Waals surface area contributed by atoms with Crippen molar-refractivity contribution in [1.82, 2.24) is 0 Å². The first-order valence-electron chi connectivity index (χ1n) is 5.80. The fourth-order valence-electron chi connectivity index (χ4n) is 1.87. The van der Waals surface area contributed by atoms with Crippen LogP contribution >= 0.6 is 38.9 Å². The van der Waals surface area contributed by atoms with E-state index in [9.17, 15) is 0 Å². The number of methoxy groups -OCH3 is 3. The van der Waals surface area contributed by atoms with Crippen molar-refractivity contribution in [3.8, 4) is 17.2 Å². The Morgan fingerprint density at radius 1 is 1.00 bits per heavy atom. The summed E-state index contributed by atoms with van der Waals surface area (Å²) < 4.78 is 16.8. The van der Waals surface area contributed by atoms with Crippen molar-refractivity contribution in [2.75, 3.05) is 21.3 Å². The molecule has 0 bridgehead atoms. The third-order valence-electron chi connectivity index (χ3n) is 2.85. The van der Waals surface area contributed by atoms with Gasteiger partial charge in [-0.3, -0.25) is 0 Å². The minimum Gasteiger partial charge on any atom is -0.496 e. The molecule has 2 rings (SSSR count). The van der Waals surface area contributed by atoms with Crippen LogP contribution in [0.25, 0.3) is 0 Å². The molecule has 0 aliphatic heterocycles. The van der Waals surface area contributed by atoms with E-state index in [1.54, 1.807) is 21.3 Å². The van der Waals surface area contributed by atoms with Gasteiger partial charge in [0.1, 0.15) is 5.75 Å². The number of thiophene rings is 1. The fraction of sp³-hybridized carbons (Fsp3) is 0.286. The minimum atomic E-state index is -0.0187. The van der Waals surface area contributed by atoms with E-state index in [2.05, 4.69) is 15.9 Å². The van der Waals surface area contributed by atoms with Gasteiger partial charge in [-0.15, -0.1) is 11.3 Å². The molecule has 6 heteroatoms. The monoisotopic (exact) mass is 376 g/mol. The van der Waals surface area contributed by atoms with Gasteiger partial charge in [0.2, 0.25) is 0 Å². The molecular formula is C14H14BrClO3S. The van der Waals surface area contributed by atoms with Gasteiger partial charge < -0.3 is 14.2 Å². The van der Waals surface area contributed by atoms with E-state index in [-0.39, 0.29) is 4.83 Å². The first kappa shape index (κ1) is 15.5. The van der Waals surface area contributed by atoms with Gasteiger partial charge in [0.25, 0.3) is 0 Å². The topological polar surface area (TPSA) is 27.7 Å². The van der Waals surface area contributed by atoms with Crippen LogP contribution in [-0.2, 0) is 0 Å². The van der Waals surface area contributed by atoms with Crippen molar-refractivity contribution in [2.24, 2.45) is 0 Å². The maximum Gasteiger partial charge on any atom is 0.164 e. The van der Waals surface area contributed by atoms with Crippen molar-refractivity contribution in [3.63, 3.8) is 0 Å². The van der Waals surface area contributed by atoms with Gasteiger partial charge in [-0.05, 0) is 18.2 Å². The first-order chi connectivity index (χ1) is 9.60. The Balaban J connectivity index is 2.49. The van der Waals surface area contributed by atoms with Gasteiger partial charge in [0.05, 0.1) is 30.5 Å². The average Bonchev–Trinajstić information content (AvgIpc) is 2.91. The van der Waals surface area contributed by atoms with E-state index < -0.39 is 0 Å². The molecule has 2 aromatic rings. The van der Waals surface area contributed by atoms with Gasteiger partial charge in [-0.1, -0.05) is 27.5 Å². The fourth-order valence-corrected chi connectivity index (χ4v) is 3.72. The third-order valence-corrected chi connectivity index (χ3v) is 5.44. The molecule has 1 heterocycles. The molecule has 1 aromatic heterocycles. The quantitative estimate of drug-likeness (QED) is 0.693. The van der Waals surface area contributed by atoms with Crippen LogP contribution < -0.4 is 14.2 Å². The number of alkyl halides is 1. The van der Waals surface area contributed by atoms with Crippen LogP contribution in [0, 0.1) is 0 Å². The molecule has 0 amide bonds. The molecular weight excluding hydrogens is 364 g/mol. The molecule has 0 radical (unpaired) electrons. The minimum absolute atomic E-state index is 0.0187. The average molecular weight is 378 g/mol. The van der Waals surface area contributed by atoms with E-state index in [1.165, 1.54) is 11.3 Å². The lowest BCUT2D eigenvalue weighted by Gasteiger charge is -2.17. The van der Waals surface area contributed by atoms with Crippen LogP contribution in [0.2, 0.25) is 4.34 Å². The van der Waals surface area contributed by atoms with Crippen LogP contribution in [0.3, 0.4) is 0 Å². The summed E-state index contributed by atoms with van der Waals surface area (Å²) >= 11 is 11.2. The first-order valence-corrected chi connectivity index (χ1v) is 7.91. The molecule has 1 atom stereocenters. The molecule has 0 spiro atoms. The second-order valence-corrected chi connectivity index (χ2v) is 6.62. The van der Waals surface area contributed by atoms with Gasteiger partial charge >= 0.3 is 0 Å². The highest BCUT2D eigenvalue weighted by Crippen LogP contribution is 2.44. The molecule has 1 aromatic carbocycles. The van der Waals surface area contributed by atoms with Crippen molar-refractivity contribution in [2.45, 2.75) is 4.83 Å². The number of benzene rings is 1. The molecule has 0 aliphatic carbocycles. The zero-order valence-electron chi connectivity index (χ0n) is 11.3. The summed E-state index contributed by atoms with van der Waals surface area (Å²) in [4.78, 5) is 1.08. The van der Waals surface area contributed by atoms with E-state index in [0.29, 0.717) is 11.5 Å². The van der Waals surface area contributed by atoms with E-state index in [4.69, 9.17) is 25.8 Å². The van der Waals surface area contributed by atoms with Crippen molar-refractivity contribution < 1.29 is 14.2 Å². The molecule has 3 nitrogen and oxygen atoms in total. The lowest BCUT2D eigenvalue weighted by Crippen LogP contribution is -1.99. The Bertz CT molecular complexity index is 600. The Kier molecular flexibility index (Phi) is 5.18. The number of hydrogen-bond acceptors (Lipinski definition) is 4. The second-order valence-electron chi connectivity index (χ2n) is 3.95. The Morgan fingerprint density at radius 3 is 2.10 bits per heavy atom. The van der Waals surface area contributed by atoms with Crippen molar-refractivity contribution >= 4 is 38.9 Å². The maximum atomic E-state index is 5.99. The van der Waals surface area contributed by atoms with Gasteiger partial charge in [0.15, 0.2) is 11.5 Å². The highest BCUT2D eigenvalue weighted by molar-refractivity contribution is 9.09. The summed E-state index contributed by atoms with van der Waals surface area (Å²) in [6.07, 6.45) is 0. The SMILES string of the molecule is COc1cc(OC)c(C(Br)c2ccc(Cl)s2)cc1OC. The lowest BCUT2D eigenvalue weighted by molar-refractivity contribution is 0.348. The van der Waals surface area contributed by atoms with E-state index >= 15 is 0 Å². The normalized spacial score (nSPS) is 12.1. The zero-order chi connectivity index (χ0) is 14.7. The summed E-state index contributed by atoms with van der Waals surface area (Å²) in [7, 11) is 4.84. The van der Waals surface area contributed by atoms with Gasteiger partial charge in [0, 0.05) is 16.5 Å². The number of ether oxygens (including phenoxy) is 3. The predicted molar refractivity (Wildman–Crippen MR) is 86.2 cm³/mol. The van der Waals surface area contributed by atoms with Gasteiger partial charge in [-0.25, -0.2) is 0 Å². The molecule has 0 N–H and O–H groups in total. The number of halogens is 2. The zero-order valence-corrected chi connectivity index (χ0v) is 14.4. The second kappa shape index (κ2) is 6.70. The molecule has 20 heavy (non-hydrogen) atoms. The Hall–Kier alpha value is -0.910. The highest BCUT2D eigenvalue weighted by atomic mass is 79.9. The summed E-state index contributed by atoms with van der Waals surface area (Å²) in [6.45, 7) is 0. The largest absolute Gasteiger partial charge is 0.496 e. The summed E-state index contributed by atoms with van der Waals surface area (Å²) in [5.74, 6) is 2.03. The Morgan fingerprint density at radius 2 is 1.60 bits per heavy atom. The molecule has 1 unspecified atom stereocenters. The summed E-state index contributed by atoms with van der Waals surface area (Å²) in [5.41, 5.74) is 0.962. The maximum absolute atomic E-state index is 5.99. The van der Waals surface area contributed by atoms with E-state index in [1.807, 2.05) is 24.3 Å². The van der Waals surface area contributed by atoms with Crippen LogP contribution in [0.4, 0.5) is 0 Å². The molecule has 0 saturated carbocycles. The van der Waals surface area contributed by atoms with E-state index in [0.717, 1.165) is 20.5 Å². The van der Waals surface area contributed by atoms with Crippen molar-refractivity contribution in [3.05, 3.63) is 39.0 Å². The number of hydrogen-bond donors (Lipinski definition) is 0. The van der Waals surface area contributed by atoms with Gasteiger partial charge in [-0.2, -0.15) is 0 Å². The predicted octanol–water partition coefficient (Wildman–Crippen LogP) is 4.91. The molecule has 0 saturated heterocycles. The molecule has 108 valence electrons. The van der Waals surface area contributed by atoms with Crippen LogP contribution in [0.1, 0.15) is 15.3 Å².